The van der Waals surface area contributed by atoms with Crippen LogP contribution in [-0.4, -0.2) is 16.1 Å². The maximum atomic E-state index is 5.67. The molecule has 1 aliphatic heterocycles. The van der Waals surface area contributed by atoms with Crippen molar-refractivity contribution in [2.75, 3.05) is 11.4 Å². The van der Waals surface area contributed by atoms with Gasteiger partial charge in [0.15, 0.2) is 0 Å². The smallest absolute Gasteiger partial charge is 0.128 e. The van der Waals surface area contributed by atoms with Crippen LogP contribution in [0, 0.1) is 0 Å². The first-order valence-electron chi connectivity index (χ1n) is 6.01. The highest BCUT2D eigenvalue weighted by atomic mass is 79.9. The first-order chi connectivity index (χ1) is 8.78. The van der Waals surface area contributed by atoms with Gasteiger partial charge in [-0.3, -0.25) is 0 Å². The molecule has 2 heterocycles. The molecule has 0 aliphatic carbocycles. The monoisotopic (exact) mass is 306 g/mol. The Morgan fingerprint density at radius 1 is 1.33 bits per heavy atom. The van der Waals surface area contributed by atoms with Crippen molar-refractivity contribution < 1.29 is 0 Å². The summed E-state index contributed by atoms with van der Waals surface area (Å²) in [5.41, 5.74) is 8.02. The number of anilines is 1. The van der Waals surface area contributed by atoms with Crippen molar-refractivity contribution >= 4 is 21.6 Å². The van der Waals surface area contributed by atoms with Gasteiger partial charge in [-0.2, -0.15) is 0 Å². The highest BCUT2D eigenvalue weighted by Gasteiger charge is 2.17. The summed E-state index contributed by atoms with van der Waals surface area (Å²) in [6, 6.07) is 6.35. The van der Waals surface area contributed by atoms with Gasteiger partial charge in [-0.15, -0.1) is 0 Å². The summed E-state index contributed by atoms with van der Waals surface area (Å²) in [5.74, 6) is 1.13. The van der Waals surface area contributed by atoms with Crippen LogP contribution in [0.1, 0.15) is 11.4 Å². The van der Waals surface area contributed by atoms with E-state index in [1.165, 1.54) is 5.69 Å². The van der Waals surface area contributed by atoms with Gasteiger partial charge in [0.25, 0.3) is 0 Å². The minimum Gasteiger partial charge on any atom is -0.362 e. The largest absolute Gasteiger partial charge is 0.362 e. The minimum absolute atomic E-state index is 0.561. The highest BCUT2D eigenvalue weighted by molar-refractivity contribution is 9.10. The van der Waals surface area contributed by atoms with E-state index >= 15 is 0 Å². The highest BCUT2D eigenvalue weighted by Crippen LogP contribution is 2.26. The number of aromatic nitrogens is 2. The average Bonchev–Trinajstić information content (AvgIpc) is 2.85. The standard InChI is InChI=1S/C13H15BrN4/c14-12-7-11(2-1-10(12)8-15)18-6-5-17-4-3-16-13(17)9-18/h1-4,7H,5-6,8-9,15H2. The van der Waals surface area contributed by atoms with Crippen molar-refractivity contribution in [2.24, 2.45) is 5.73 Å². The van der Waals surface area contributed by atoms with Crippen molar-refractivity contribution in [3.05, 3.63) is 46.5 Å². The molecular formula is C13H15BrN4. The molecule has 0 unspecified atom stereocenters. The lowest BCUT2D eigenvalue weighted by Gasteiger charge is -2.30. The summed E-state index contributed by atoms with van der Waals surface area (Å²) in [6.07, 6.45) is 3.91. The number of hydrogen-bond donors (Lipinski definition) is 1. The van der Waals surface area contributed by atoms with E-state index in [2.05, 4.69) is 48.6 Å². The predicted octanol–water partition coefficient (Wildman–Crippen LogP) is 2.12. The molecule has 1 aromatic carbocycles. The van der Waals surface area contributed by atoms with E-state index in [4.69, 9.17) is 5.73 Å². The van der Waals surface area contributed by atoms with Gasteiger partial charge in [0.1, 0.15) is 5.82 Å². The lowest BCUT2D eigenvalue weighted by atomic mass is 10.2. The van der Waals surface area contributed by atoms with E-state index in [9.17, 15) is 0 Å². The quantitative estimate of drug-likeness (QED) is 0.924. The molecule has 1 aliphatic rings. The normalized spacial score (nSPS) is 14.7. The summed E-state index contributed by atoms with van der Waals surface area (Å²) in [5, 5.41) is 0. The molecule has 0 radical (unpaired) electrons. The van der Waals surface area contributed by atoms with Crippen molar-refractivity contribution in [3.63, 3.8) is 0 Å². The molecule has 1 aromatic heterocycles. The average molecular weight is 307 g/mol. The van der Waals surface area contributed by atoms with Gasteiger partial charge in [0.2, 0.25) is 0 Å². The summed E-state index contributed by atoms with van der Waals surface area (Å²) < 4.78 is 3.29. The Labute approximate surface area is 115 Å². The maximum absolute atomic E-state index is 5.67. The Morgan fingerprint density at radius 3 is 3.00 bits per heavy atom. The summed E-state index contributed by atoms with van der Waals surface area (Å²) in [7, 11) is 0. The number of nitrogens with two attached hydrogens (primary N) is 1. The van der Waals surface area contributed by atoms with E-state index in [1.54, 1.807) is 0 Å². The molecule has 3 rings (SSSR count). The van der Waals surface area contributed by atoms with Crippen LogP contribution in [0.25, 0.3) is 0 Å². The Bertz CT molecular complexity index is 564. The number of nitrogens with zero attached hydrogens (tertiary/aromatic N) is 3. The zero-order valence-electron chi connectivity index (χ0n) is 10.0. The molecule has 18 heavy (non-hydrogen) atoms. The maximum Gasteiger partial charge on any atom is 0.128 e. The van der Waals surface area contributed by atoms with E-state index in [-0.39, 0.29) is 0 Å². The summed E-state index contributed by atoms with van der Waals surface area (Å²) in [4.78, 5) is 6.72. The third kappa shape index (κ3) is 2.04. The second-order valence-corrected chi connectivity index (χ2v) is 5.29. The molecule has 0 bridgehead atoms. The van der Waals surface area contributed by atoms with Crippen molar-refractivity contribution in [3.8, 4) is 0 Å². The summed E-state index contributed by atoms with van der Waals surface area (Å²) in [6.45, 7) is 3.43. The lowest BCUT2D eigenvalue weighted by molar-refractivity contribution is 0.560. The molecule has 4 nitrogen and oxygen atoms in total. The number of rotatable bonds is 2. The third-order valence-corrected chi connectivity index (χ3v) is 4.10. The van der Waals surface area contributed by atoms with E-state index < -0.39 is 0 Å². The number of halogens is 1. The molecule has 0 saturated heterocycles. The zero-order chi connectivity index (χ0) is 12.5. The lowest BCUT2D eigenvalue weighted by Crippen LogP contribution is -2.33. The Morgan fingerprint density at radius 2 is 2.22 bits per heavy atom. The molecular weight excluding hydrogens is 292 g/mol. The molecule has 0 fully saturated rings. The SMILES string of the molecule is NCc1ccc(N2CCn3ccnc3C2)cc1Br. The number of imidazole rings is 1. The van der Waals surface area contributed by atoms with Gasteiger partial charge in [-0.25, -0.2) is 4.98 Å². The first kappa shape index (κ1) is 11.7. The number of fused-ring (bicyclic) bond motifs is 1. The zero-order valence-corrected chi connectivity index (χ0v) is 11.6. The van der Waals surface area contributed by atoms with Gasteiger partial charge >= 0.3 is 0 Å². The molecule has 94 valence electrons. The van der Waals surface area contributed by atoms with Gasteiger partial charge in [0.05, 0.1) is 6.54 Å². The second-order valence-electron chi connectivity index (χ2n) is 4.44. The van der Waals surface area contributed by atoms with Crippen molar-refractivity contribution in [2.45, 2.75) is 19.6 Å². The molecule has 0 atom stereocenters. The van der Waals surface area contributed by atoms with Gasteiger partial charge in [-0.1, -0.05) is 22.0 Å². The second kappa shape index (κ2) is 4.74. The Balaban J connectivity index is 1.86. The number of benzene rings is 1. The van der Waals surface area contributed by atoms with Crippen LogP contribution in [0.2, 0.25) is 0 Å². The van der Waals surface area contributed by atoms with Crippen LogP contribution in [0.4, 0.5) is 5.69 Å². The molecule has 5 heteroatoms. The molecule has 2 N–H and O–H groups in total. The van der Waals surface area contributed by atoms with Crippen LogP contribution in [0.15, 0.2) is 35.1 Å². The fraction of sp³-hybridized carbons (Fsp3) is 0.308. The summed E-state index contributed by atoms with van der Waals surface area (Å²) >= 11 is 3.57. The van der Waals surface area contributed by atoms with Gasteiger partial charge in [-0.05, 0) is 17.7 Å². The topological polar surface area (TPSA) is 47.1 Å². The van der Waals surface area contributed by atoms with E-state index in [0.29, 0.717) is 6.54 Å². The minimum atomic E-state index is 0.561. The van der Waals surface area contributed by atoms with Gasteiger partial charge in [0, 0.05) is 42.2 Å². The van der Waals surface area contributed by atoms with Gasteiger partial charge < -0.3 is 15.2 Å². The van der Waals surface area contributed by atoms with Crippen LogP contribution in [0.5, 0.6) is 0 Å². The van der Waals surface area contributed by atoms with Crippen LogP contribution in [0.3, 0.4) is 0 Å². The molecule has 2 aromatic rings. The van der Waals surface area contributed by atoms with Crippen LogP contribution < -0.4 is 10.6 Å². The van der Waals surface area contributed by atoms with Crippen molar-refractivity contribution in [1.82, 2.24) is 9.55 Å². The Hall–Kier alpha value is -1.33. The van der Waals surface area contributed by atoms with Crippen LogP contribution >= 0.6 is 15.9 Å². The van der Waals surface area contributed by atoms with E-state index in [0.717, 1.165) is 35.5 Å². The molecule has 0 spiro atoms. The number of hydrogen-bond acceptors (Lipinski definition) is 3. The van der Waals surface area contributed by atoms with E-state index in [1.807, 2.05) is 12.4 Å². The molecule has 0 saturated carbocycles. The predicted molar refractivity (Wildman–Crippen MR) is 75.3 cm³/mol. The molecule has 0 amide bonds. The Kier molecular flexibility index (Phi) is 3.09. The fourth-order valence-electron chi connectivity index (χ4n) is 2.29. The fourth-order valence-corrected chi connectivity index (χ4v) is 2.82. The third-order valence-electron chi connectivity index (χ3n) is 3.37. The van der Waals surface area contributed by atoms with Crippen LogP contribution in [-0.2, 0) is 19.6 Å². The first-order valence-corrected chi connectivity index (χ1v) is 6.80. The van der Waals surface area contributed by atoms with Crippen molar-refractivity contribution in [1.29, 1.82) is 0 Å².